The third-order valence-electron chi connectivity index (χ3n) is 2.10. The van der Waals surface area contributed by atoms with Gasteiger partial charge < -0.3 is 4.74 Å². The van der Waals surface area contributed by atoms with E-state index >= 15 is 0 Å². The Morgan fingerprint density at radius 2 is 1.21 bits per heavy atom. The first kappa shape index (κ1) is 8.29. The third kappa shape index (κ3) is 1.30. The van der Waals surface area contributed by atoms with Crippen LogP contribution in [0.5, 0.6) is 11.5 Å². The largest absolute Gasteiger partial charge is 0.448 e. The van der Waals surface area contributed by atoms with Gasteiger partial charge in [-0.1, -0.05) is 24.3 Å². The molecule has 0 fully saturated rings. The van der Waals surface area contributed by atoms with Crippen LogP contribution in [0.25, 0.3) is 0 Å². The molecule has 0 unspecified atom stereocenters. The van der Waals surface area contributed by atoms with Crippen molar-refractivity contribution in [1.29, 1.82) is 0 Å². The number of hydrogen-bond donors (Lipinski definition) is 0. The van der Waals surface area contributed by atoms with Crippen molar-refractivity contribution in [2.75, 3.05) is 0 Å². The minimum absolute atomic E-state index is 0.0497. The van der Waals surface area contributed by atoms with E-state index in [0.717, 1.165) is 11.5 Å². The lowest BCUT2D eigenvalue weighted by atomic mass is 10.3. The van der Waals surface area contributed by atoms with Gasteiger partial charge in [-0.25, -0.2) is 0 Å². The molecule has 0 saturated carbocycles. The summed E-state index contributed by atoms with van der Waals surface area (Å²) in [4.78, 5) is 0. The number of fused-ring (bicyclic) bond motifs is 2. The number of benzene rings is 2. The summed E-state index contributed by atoms with van der Waals surface area (Å²) in [7, 11) is 0. The molecule has 2 aromatic rings. The highest BCUT2D eigenvalue weighted by atomic mass is 127. The van der Waals surface area contributed by atoms with Crippen molar-refractivity contribution in [2.24, 2.45) is 0 Å². The van der Waals surface area contributed by atoms with Crippen LogP contribution in [0.15, 0.2) is 48.5 Å². The number of para-hydroxylation sites is 2. The quantitative estimate of drug-likeness (QED) is 0.527. The summed E-state index contributed by atoms with van der Waals surface area (Å²) in [6, 6.07) is 16.6. The molecule has 2 heteroatoms. The minimum atomic E-state index is -0.0497. The molecule has 1 aliphatic rings. The Bertz CT molecular complexity index is 392. The maximum atomic E-state index is 5.80. The second-order valence-corrected chi connectivity index (χ2v) is 5.92. The highest BCUT2D eigenvalue weighted by Gasteiger charge is 2.30. The third-order valence-corrected chi connectivity index (χ3v) is 5.04. The van der Waals surface area contributed by atoms with E-state index in [4.69, 9.17) is 4.74 Å². The van der Waals surface area contributed by atoms with Gasteiger partial charge in [0.15, 0.2) is 11.5 Å². The fraction of sp³-hybridized carbons (Fsp3) is 0. The first-order valence-corrected chi connectivity index (χ1v) is 6.60. The van der Waals surface area contributed by atoms with Gasteiger partial charge in [-0.15, -0.1) is 0 Å². The van der Waals surface area contributed by atoms with Crippen molar-refractivity contribution in [3.8, 4) is 11.5 Å². The summed E-state index contributed by atoms with van der Waals surface area (Å²) in [5.74, 6) is 2.08. The highest BCUT2D eigenvalue weighted by Crippen LogP contribution is 2.22. The second-order valence-electron chi connectivity index (χ2n) is 3.06. The zero-order valence-electron chi connectivity index (χ0n) is 7.41. The Labute approximate surface area is 93.0 Å². The molecule has 1 aliphatic heterocycles. The molecule has 0 aliphatic carbocycles. The average Bonchev–Trinajstić information content (AvgIpc) is 2.26. The van der Waals surface area contributed by atoms with Crippen LogP contribution in [0.1, 0.15) is 0 Å². The van der Waals surface area contributed by atoms with Crippen molar-refractivity contribution in [1.82, 2.24) is 0 Å². The van der Waals surface area contributed by atoms with Crippen LogP contribution in [-0.2, 0) is 0 Å². The summed E-state index contributed by atoms with van der Waals surface area (Å²) in [5, 5.41) is 0. The topological polar surface area (TPSA) is 9.23 Å². The Kier molecular flexibility index (Phi) is 1.94. The summed E-state index contributed by atoms with van der Waals surface area (Å²) < 4.78 is 8.56. The lowest BCUT2D eigenvalue weighted by molar-refractivity contribution is -0.602. The Morgan fingerprint density at radius 3 is 1.79 bits per heavy atom. The van der Waals surface area contributed by atoms with Crippen LogP contribution in [0.2, 0.25) is 0 Å². The summed E-state index contributed by atoms with van der Waals surface area (Å²) in [6.45, 7) is 0. The highest BCUT2D eigenvalue weighted by molar-refractivity contribution is 5.32. The van der Waals surface area contributed by atoms with E-state index in [2.05, 4.69) is 24.3 Å². The van der Waals surface area contributed by atoms with E-state index in [-0.39, 0.29) is 21.2 Å². The summed E-state index contributed by atoms with van der Waals surface area (Å²) >= 11 is -0.0497. The molecule has 1 nitrogen and oxygen atoms in total. The molecule has 3 rings (SSSR count). The van der Waals surface area contributed by atoms with Gasteiger partial charge in [0, 0.05) is 0 Å². The van der Waals surface area contributed by atoms with E-state index in [1.54, 1.807) is 0 Å². The number of halogens is 1. The number of hydrogen-bond acceptors (Lipinski definition) is 1. The van der Waals surface area contributed by atoms with Crippen molar-refractivity contribution in [2.45, 2.75) is 0 Å². The van der Waals surface area contributed by atoms with E-state index in [1.807, 2.05) is 24.3 Å². The van der Waals surface area contributed by atoms with Crippen LogP contribution in [0.4, 0.5) is 0 Å². The number of ether oxygens (including phenoxy) is 1. The average molecular weight is 295 g/mol. The number of rotatable bonds is 0. The second kappa shape index (κ2) is 3.28. The molecular weight excluding hydrogens is 287 g/mol. The summed E-state index contributed by atoms with van der Waals surface area (Å²) in [6.07, 6.45) is 0. The first-order valence-electron chi connectivity index (χ1n) is 4.44. The molecule has 1 heterocycles. The molecule has 0 radical (unpaired) electrons. The molecule has 68 valence electrons. The van der Waals surface area contributed by atoms with Crippen LogP contribution >= 0.6 is 0 Å². The lowest BCUT2D eigenvalue weighted by Crippen LogP contribution is -3.61. The van der Waals surface area contributed by atoms with Crippen LogP contribution < -0.4 is 25.9 Å². The van der Waals surface area contributed by atoms with Gasteiger partial charge in [0.1, 0.15) is 0 Å². The summed E-state index contributed by atoms with van der Waals surface area (Å²) in [5.41, 5.74) is 0. The predicted molar refractivity (Wildman–Crippen MR) is 50.4 cm³/mol. The Hall–Kier alpha value is -1.03. The molecule has 2 aromatic carbocycles. The predicted octanol–water partition coefficient (Wildman–Crippen LogP) is -0.0793. The molecule has 0 atom stereocenters. The fourth-order valence-electron chi connectivity index (χ4n) is 1.44. The Morgan fingerprint density at radius 1 is 0.714 bits per heavy atom. The Balaban J connectivity index is 2.12. The normalized spacial score (nSPS) is 12.6. The first-order chi connectivity index (χ1) is 6.93. The minimum Gasteiger partial charge on any atom is -0.448 e. The van der Waals surface area contributed by atoms with Gasteiger partial charge in [0.05, 0.1) is 0 Å². The van der Waals surface area contributed by atoms with Gasteiger partial charge in [0.2, 0.25) is 7.14 Å². The monoisotopic (exact) mass is 295 g/mol. The van der Waals surface area contributed by atoms with Gasteiger partial charge in [-0.05, 0) is 24.3 Å². The molecular formula is C12H8IO+. The van der Waals surface area contributed by atoms with Gasteiger partial charge in [0.25, 0.3) is 0 Å². The van der Waals surface area contributed by atoms with Crippen LogP contribution in [0, 0.1) is 7.14 Å². The van der Waals surface area contributed by atoms with E-state index in [1.165, 1.54) is 7.14 Å². The van der Waals surface area contributed by atoms with Crippen molar-refractivity contribution < 1.29 is 25.9 Å². The SMILES string of the molecule is c1ccc2c(c1)Oc1ccccc1[I+]2. The zero-order chi connectivity index (χ0) is 9.38. The molecule has 14 heavy (non-hydrogen) atoms. The van der Waals surface area contributed by atoms with Crippen molar-refractivity contribution in [3.63, 3.8) is 0 Å². The van der Waals surface area contributed by atoms with Crippen molar-refractivity contribution >= 4 is 0 Å². The maximum Gasteiger partial charge on any atom is 0.366 e. The van der Waals surface area contributed by atoms with Crippen molar-refractivity contribution in [3.05, 3.63) is 55.7 Å². The van der Waals surface area contributed by atoms with E-state index in [0.29, 0.717) is 0 Å². The molecule has 0 N–H and O–H groups in total. The van der Waals surface area contributed by atoms with Gasteiger partial charge >= 0.3 is 21.2 Å². The molecule has 0 spiro atoms. The molecule has 0 bridgehead atoms. The lowest BCUT2D eigenvalue weighted by Gasteiger charge is -2.09. The van der Waals surface area contributed by atoms with E-state index in [9.17, 15) is 0 Å². The standard InChI is InChI=1S/C12H8IO/c1-3-7-11-9(5-1)13-10-6-2-4-8-12(10)14-11/h1-8H/q+1. The van der Waals surface area contributed by atoms with Crippen LogP contribution in [0.3, 0.4) is 0 Å². The van der Waals surface area contributed by atoms with Gasteiger partial charge in [-0.2, -0.15) is 0 Å². The fourth-order valence-corrected chi connectivity index (χ4v) is 3.95. The zero-order valence-corrected chi connectivity index (χ0v) is 9.56. The maximum absolute atomic E-state index is 5.80. The van der Waals surface area contributed by atoms with Crippen LogP contribution in [-0.4, -0.2) is 0 Å². The molecule has 0 amide bonds. The van der Waals surface area contributed by atoms with Gasteiger partial charge in [-0.3, -0.25) is 0 Å². The van der Waals surface area contributed by atoms with E-state index < -0.39 is 0 Å². The molecule has 0 aromatic heterocycles. The molecule has 0 saturated heterocycles. The smallest absolute Gasteiger partial charge is 0.366 e.